The molecule has 1 aromatic carbocycles. The van der Waals surface area contributed by atoms with Gasteiger partial charge in [0.1, 0.15) is 0 Å². The van der Waals surface area contributed by atoms with Crippen LogP contribution in [0.15, 0.2) is 12.1 Å². The predicted molar refractivity (Wildman–Crippen MR) is 96.4 cm³/mol. The van der Waals surface area contributed by atoms with Gasteiger partial charge in [-0.25, -0.2) is 9.59 Å². The summed E-state index contributed by atoms with van der Waals surface area (Å²) in [5, 5.41) is 25.1. The standard InChI is InChI=1S/C18H28N2O4/c1-3-5-7-11-19-15-13(17(21)22)9-10-14(18(23)24)16(15)20-12-8-6-4-2/h9-10,19-20H,3-8,11-12H2,1-2H3,(H,21,22)(H,23,24). The van der Waals surface area contributed by atoms with Crippen molar-refractivity contribution in [3.8, 4) is 0 Å². The number of nitrogens with one attached hydrogen (secondary N) is 2. The van der Waals surface area contributed by atoms with E-state index in [2.05, 4.69) is 24.5 Å². The molecule has 0 heterocycles. The summed E-state index contributed by atoms with van der Waals surface area (Å²) in [7, 11) is 0. The van der Waals surface area contributed by atoms with Gasteiger partial charge in [0.05, 0.1) is 22.5 Å². The summed E-state index contributed by atoms with van der Waals surface area (Å²) in [5.41, 5.74) is 0.925. The Morgan fingerprint density at radius 3 is 1.46 bits per heavy atom. The van der Waals surface area contributed by atoms with Gasteiger partial charge in [0.2, 0.25) is 0 Å². The third-order valence-electron chi connectivity index (χ3n) is 3.83. The Kier molecular flexibility index (Phi) is 8.68. The van der Waals surface area contributed by atoms with E-state index in [4.69, 9.17) is 0 Å². The van der Waals surface area contributed by atoms with Crippen LogP contribution < -0.4 is 10.6 Å². The highest BCUT2D eigenvalue weighted by Crippen LogP contribution is 2.31. The number of carbonyl (C=O) groups is 2. The lowest BCUT2D eigenvalue weighted by molar-refractivity contribution is 0.0682. The molecule has 24 heavy (non-hydrogen) atoms. The van der Waals surface area contributed by atoms with E-state index in [0.717, 1.165) is 38.5 Å². The molecule has 0 atom stereocenters. The Morgan fingerprint density at radius 1 is 0.792 bits per heavy atom. The Balaban J connectivity index is 3.11. The highest BCUT2D eigenvalue weighted by molar-refractivity contribution is 6.05. The van der Waals surface area contributed by atoms with Crippen LogP contribution >= 0.6 is 0 Å². The molecule has 0 unspecified atom stereocenters. The summed E-state index contributed by atoms with van der Waals surface area (Å²) in [5.74, 6) is -2.14. The Hall–Kier alpha value is -2.24. The van der Waals surface area contributed by atoms with E-state index in [1.165, 1.54) is 12.1 Å². The second-order valence-corrected chi connectivity index (χ2v) is 5.79. The molecule has 1 rings (SSSR count). The van der Waals surface area contributed by atoms with Crippen molar-refractivity contribution in [2.45, 2.75) is 52.4 Å². The van der Waals surface area contributed by atoms with E-state index in [1.807, 2.05) is 0 Å². The number of unbranched alkanes of at least 4 members (excludes halogenated alkanes) is 4. The minimum atomic E-state index is -1.07. The maximum absolute atomic E-state index is 11.5. The van der Waals surface area contributed by atoms with Crippen LogP contribution in [0.3, 0.4) is 0 Å². The average Bonchev–Trinajstić information content (AvgIpc) is 2.55. The van der Waals surface area contributed by atoms with Crippen LogP contribution in [0.4, 0.5) is 11.4 Å². The number of aromatic carboxylic acids is 2. The second-order valence-electron chi connectivity index (χ2n) is 5.79. The van der Waals surface area contributed by atoms with Crippen LogP contribution in [0.2, 0.25) is 0 Å². The van der Waals surface area contributed by atoms with Gasteiger partial charge in [0.15, 0.2) is 0 Å². The zero-order valence-corrected chi connectivity index (χ0v) is 14.5. The molecule has 0 aromatic heterocycles. The second kappa shape index (κ2) is 10.5. The molecule has 0 saturated carbocycles. The minimum absolute atomic E-state index is 0.0921. The van der Waals surface area contributed by atoms with Gasteiger partial charge < -0.3 is 20.8 Å². The van der Waals surface area contributed by atoms with Gasteiger partial charge in [-0.3, -0.25) is 0 Å². The first kappa shape index (κ1) is 19.8. The molecule has 0 fully saturated rings. The molecule has 1 aromatic rings. The maximum Gasteiger partial charge on any atom is 0.337 e. The summed E-state index contributed by atoms with van der Waals surface area (Å²) in [6.07, 6.45) is 6.00. The van der Waals surface area contributed by atoms with E-state index in [9.17, 15) is 19.8 Å². The maximum atomic E-state index is 11.5. The molecule has 0 aliphatic rings. The van der Waals surface area contributed by atoms with Crippen molar-refractivity contribution in [1.82, 2.24) is 0 Å². The number of hydrogen-bond acceptors (Lipinski definition) is 4. The number of anilines is 2. The van der Waals surface area contributed by atoms with Crippen molar-refractivity contribution in [2.24, 2.45) is 0 Å². The van der Waals surface area contributed by atoms with Gasteiger partial charge >= 0.3 is 11.9 Å². The summed E-state index contributed by atoms with van der Waals surface area (Å²) >= 11 is 0. The van der Waals surface area contributed by atoms with Crippen LogP contribution in [0, 0.1) is 0 Å². The first-order valence-corrected chi connectivity index (χ1v) is 8.64. The van der Waals surface area contributed by atoms with Crippen LogP contribution in [0.5, 0.6) is 0 Å². The van der Waals surface area contributed by atoms with Crippen LogP contribution in [-0.4, -0.2) is 35.2 Å². The van der Waals surface area contributed by atoms with E-state index in [-0.39, 0.29) is 11.1 Å². The van der Waals surface area contributed by atoms with Crippen LogP contribution in [0.1, 0.15) is 73.1 Å². The number of benzene rings is 1. The normalized spacial score (nSPS) is 10.4. The summed E-state index contributed by atoms with van der Waals surface area (Å²) in [6.45, 7) is 5.41. The lowest BCUT2D eigenvalue weighted by Crippen LogP contribution is -2.15. The molecule has 4 N–H and O–H groups in total. The molecule has 0 saturated heterocycles. The van der Waals surface area contributed by atoms with E-state index in [0.29, 0.717) is 24.5 Å². The molecular weight excluding hydrogens is 308 g/mol. The van der Waals surface area contributed by atoms with Gasteiger partial charge in [-0.1, -0.05) is 39.5 Å². The fraction of sp³-hybridized carbons (Fsp3) is 0.556. The average molecular weight is 336 g/mol. The Labute approximate surface area is 143 Å². The fourth-order valence-electron chi connectivity index (χ4n) is 2.50. The monoisotopic (exact) mass is 336 g/mol. The quantitative estimate of drug-likeness (QED) is 0.425. The van der Waals surface area contributed by atoms with E-state index >= 15 is 0 Å². The fourth-order valence-corrected chi connectivity index (χ4v) is 2.50. The molecule has 0 aliphatic carbocycles. The zero-order valence-electron chi connectivity index (χ0n) is 14.5. The van der Waals surface area contributed by atoms with E-state index < -0.39 is 11.9 Å². The van der Waals surface area contributed by atoms with Gasteiger partial charge in [-0.05, 0) is 25.0 Å². The molecule has 0 aliphatic heterocycles. The highest BCUT2D eigenvalue weighted by atomic mass is 16.4. The topological polar surface area (TPSA) is 98.7 Å². The van der Waals surface area contributed by atoms with Crippen molar-refractivity contribution in [3.05, 3.63) is 23.3 Å². The van der Waals surface area contributed by atoms with Crippen molar-refractivity contribution in [1.29, 1.82) is 0 Å². The molecule has 134 valence electrons. The molecule has 0 amide bonds. The van der Waals surface area contributed by atoms with Crippen molar-refractivity contribution >= 4 is 23.3 Å². The van der Waals surface area contributed by atoms with Crippen molar-refractivity contribution in [2.75, 3.05) is 23.7 Å². The molecule has 6 heteroatoms. The van der Waals surface area contributed by atoms with Crippen LogP contribution in [-0.2, 0) is 0 Å². The Bertz CT molecular complexity index is 509. The first-order valence-electron chi connectivity index (χ1n) is 8.64. The molecule has 6 nitrogen and oxygen atoms in total. The zero-order chi connectivity index (χ0) is 17.9. The lowest BCUT2D eigenvalue weighted by Gasteiger charge is -2.18. The number of rotatable bonds is 12. The largest absolute Gasteiger partial charge is 0.478 e. The third-order valence-corrected chi connectivity index (χ3v) is 3.83. The lowest BCUT2D eigenvalue weighted by atomic mass is 10.0. The first-order chi connectivity index (χ1) is 11.5. The van der Waals surface area contributed by atoms with Gasteiger partial charge in [-0.15, -0.1) is 0 Å². The van der Waals surface area contributed by atoms with Gasteiger partial charge in [0.25, 0.3) is 0 Å². The summed E-state index contributed by atoms with van der Waals surface area (Å²) in [4.78, 5) is 23.0. The predicted octanol–water partition coefficient (Wildman–Crippen LogP) is 4.29. The smallest absolute Gasteiger partial charge is 0.337 e. The van der Waals surface area contributed by atoms with Crippen LogP contribution in [0.25, 0.3) is 0 Å². The number of carboxylic acid groups (broad SMARTS) is 2. The summed E-state index contributed by atoms with van der Waals surface area (Å²) in [6, 6.07) is 2.70. The van der Waals surface area contributed by atoms with Crippen molar-refractivity contribution < 1.29 is 19.8 Å². The molecule has 0 bridgehead atoms. The van der Waals surface area contributed by atoms with Gasteiger partial charge in [0, 0.05) is 13.1 Å². The van der Waals surface area contributed by atoms with Gasteiger partial charge in [-0.2, -0.15) is 0 Å². The third kappa shape index (κ3) is 5.76. The minimum Gasteiger partial charge on any atom is -0.478 e. The highest BCUT2D eigenvalue weighted by Gasteiger charge is 2.20. The number of carboxylic acids is 2. The molecular formula is C18H28N2O4. The molecule has 0 spiro atoms. The van der Waals surface area contributed by atoms with Crippen molar-refractivity contribution in [3.63, 3.8) is 0 Å². The number of hydrogen-bond donors (Lipinski definition) is 4. The SMILES string of the molecule is CCCCCNc1c(C(=O)O)ccc(C(=O)O)c1NCCCCC. The van der Waals surface area contributed by atoms with E-state index in [1.54, 1.807) is 0 Å². The Morgan fingerprint density at radius 2 is 1.17 bits per heavy atom. The molecule has 0 radical (unpaired) electrons. The summed E-state index contributed by atoms with van der Waals surface area (Å²) < 4.78 is 0.